The first-order valence-corrected chi connectivity index (χ1v) is 7.38. The molecule has 1 aliphatic heterocycles. The molecule has 0 atom stereocenters. The van der Waals surface area contributed by atoms with Crippen LogP contribution in [-0.4, -0.2) is 19.0 Å². The number of aryl methyl sites for hydroxylation is 1. The standard InChI is InChI=1S/C18H14ClNO3/c1-11-4-3-5-14(16(11)22-2)17-20-15(18(21)23-17)10-12-6-8-13(19)9-7-12/h3-10H,1-2H3. The lowest BCUT2D eigenvalue weighted by Gasteiger charge is -2.09. The van der Waals surface area contributed by atoms with E-state index in [1.54, 1.807) is 25.3 Å². The Balaban J connectivity index is 1.99. The van der Waals surface area contributed by atoms with Crippen LogP contribution in [0.4, 0.5) is 0 Å². The number of nitrogens with zero attached hydrogens (tertiary/aromatic N) is 1. The Labute approximate surface area is 139 Å². The summed E-state index contributed by atoms with van der Waals surface area (Å²) in [6.07, 6.45) is 1.66. The Kier molecular flexibility index (Phi) is 4.17. The lowest BCUT2D eigenvalue weighted by Crippen LogP contribution is -2.07. The van der Waals surface area contributed by atoms with Gasteiger partial charge in [-0.2, -0.15) is 0 Å². The molecule has 0 N–H and O–H groups in total. The molecule has 0 bridgehead atoms. The minimum Gasteiger partial charge on any atom is -0.496 e. The molecule has 0 aliphatic carbocycles. The molecule has 2 aromatic rings. The van der Waals surface area contributed by atoms with E-state index in [1.165, 1.54) is 0 Å². The van der Waals surface area contributed by atoms with E-state index < -0.39 is 5.97 Å². The monoisotopic (exact) mass is 327 g/mol. The van der Waals surface area contributed by atoms with Crippen LogP contribution in [0, 0.1) is 6.92 Å². The number of carbonyl (C=O) groups excluding carboxylic acids is 1. The van der Waals surface area contributed by atoms with Crippen LogP contribution in [0.25, 0.3) is 6.08 Å². The van der Waals surface area contributed by atoms with Crippen LogP contribution in [0.15, 0.2) is 53.2 Å². The summed E-state index contributed by atoms with van der Waals surface area (Å²) in [5.41, 5.74) is 2.66. The van der Waals surface area contributed by atoms with Crippen LogP contribution in [0.1, 0.15) is 16.7 Å². The quantitative estimate of drug-likeness (QED) is 0.632. The van der Waals surface area contributed by atoms with Crippen molar-refractivity contribution in [3.8, 4) is 5.75 Å². The second kappa shape index (κ2) is 6.26. The normalized spacial score (nSPS) is 15.5. The molecule has 23 heavy (non-hydrogen) atoms. The second-order valence-corrected chi connectivity index (χ2v) is 5.48. The summed E-state index contributed by atoms with van der Waals surface area (Å²) in [6, 6.07) is 12.7. The molecule has 0 unspecified atom stereocenters. The van der Waals surface area contributed by atoms with Crippen molar-refractivity contribution in [2.24, 2.45) is 4.99 Å². The number of cyclic esters (lactones) is 1. The van der Waals surface area contributed by atoms with Gasteiger partial charge in [0.05, 0.1) is 12.7 Å². The minimum atomic E-state index is -0.487. The fourth-order valence-corrected chi connectivity index (χ4v) is 2.46. The highest BCUT2D eigenvalue weighted by molar-refractivity contribution is 6.30. The van der Waals surface area contributed by atoms with Crippen molar-refractivity contribution in [2.45, 2.75) is 6.92 Å². The van der Waals surface area contributed by atoms with E-state index >= 15 is 0 Å². The van der Waals surface area contributed by atoms with E-state index in [2.05, 4.69) is 4.99 Å². The van der Waals surface area contributed by atoms with E-state index in [9.17, 15) is 4.79 Å². The van der Waals surface area contributed by atoms with Gasteiger partial charge in [-0.25, -0.2) is 9.79 Å². The highest BCUT2D eigenvalue weighted by atomic mass is 35.5. The first-order chi connectivity index (χ1) is 11.1. The molecular weight excluding hydrogens is 314 g/mol. The van der Waals surface area contributed by atoms with Gasteiger partial charge in [-0.15, -0.1) is 0 Å². The number of hydrogen-bond acceptors (Lipinski definition) is 4. The molecule has 0 amide bonds. The van der Waals surface area contributed by atoms with E-state index in [4.69, 9.17) is 21.1 Å². The molecule has 0 saturated heterocycles. The van der Waals surface area contributed by atoms with Gasteiger partial charge in [0.15, 0.2) is 5.70 Å². The lowest BCUT2D eigenvalue weighted by molar-refractivity contribution is -0.129. The van der Waals surface area contributed by atoms with Crippen molar-refractivity contribution in [3.05, 3.63) is 69.9 Å². The van der Waals surface area contributed by atoms with Crippen LogP contribution in [0.5, 0.6) is 5.75 Å². The summed E-state index contributed by atoms with van der Waals surface area (Å²) in [4.78, 5) is 16.3. The first kappa shape index (κ1) is 15.3. The summed E-state index contributed by atoms with van der Waals surface area (Å²) in [6.45, 7) is 1.92. The Morgan fingerprint density at radius 3 is 2.61 bits per heavy atom. The molecule has 5 heteroatoms. The van der Waals surface area contributed by atoms with Gasteiger partial charge in [-0.3, -0.25) is 0 Å². The topological polar surface area (TPSA) is 47.9 Å². The van der Waals surface area contributed by atoms with Crippen LogP contribution in [-0.2, 0) is 9.53 Å². The molecule has 0 spiro atoms. The molecular formula is C18H14ClNO3. The van der Waals surface area contributed by atoms with Gasteiger partial charge in [-0.05, 0) is 42.3 Å². The lowest BCUT2D eigenvalue weighted by atomic mass is 10.1. The fraction of sp³-hybridized carbons (Fsp3) is 0.111. The van der Waals surface area contributed by atoms with Crippen molar-refractivity contribution < 1.29 is 14.3 Å². The molecule has 1 aliphatic rings. The highest BCUT2D eigenvalue weighted by Gasteiger charge is 2.26. The molecule has 116 valence electrons. The Morgan fingerprint density at radius 2 is 1.91 bits per heavy atom. The number of benzene rings is 2. The van der Waals surface area contributed by atoms with Crippen molar-refractivity contribution in [1.29, 1.82) is 0 Å². The third kappa shape index (κ3) is 3.12. The number of halogens is 1. The van der Waals surface area contributed by atoms with Gasteiger partial charge in [-0.1, -0.05) is 35.9 Å². The zero-order valence-corrected chi connectivity index (χ0v) is 13.4. The number of methoxy groups -OCH3 is 1. The predicted molar refractivity (Wildman–Crippen MR) is 89.8 cm³/mol. The predicted octanol–water partition coefficient (Wildman–Crippen LogP) is 4.00. The van der Waals surface area contributed by atoms with Crippen LogP contribution in [0.3, 0.4) is 0 Å². The van der Waals surface area contributed by atoms with Gasteiger partial charge in [0, 0.05) is 5.02 Å². The summed E-state index contributed by atoms with van der Waals surface area (Å²) < 4.78 is 10.7. The second-order valence-electron chi connectivity index (χ2n) is 5.04. The van der Waals surface area contributed by atoms with E-state index in [0.717, 1.165) is 11.1 Å². The molecule has 0 fully saturated rings. The first-order valence-electron chi connectivity index (χ1n) is 7.00. The summed E-state index contributed by atoms with van der Waals surface area (Å²) in [5.74, 6) is 0.404. The number of esters is 1. The zero-order chi connectivity index (χ0) is 16.4. The molecule has 4 nitrogen and oxygen atoms in total. The van der Waals surface area contributed by atoms with E-state index in [1.807, 2.05) is 37.3 Å². The number of hydrogen-bond donors (Lipinski definition) is 0. The Morgan fingerprint density at radius 1 is 1.17 bits per heavy atom. The third-order valence-corrected chi connectivity index (χ3v) is 3.69. The maximum atomic E-state index is 12.0. The van der Waals surface area contributed by atoms with Crippen molar-refractivity contribution >= 4 is 29.5 Å². The molecule has 1 heterocycles. The van der Waals surface area contributed by atoms with E-state index in [0.29, 0.717) is 16.3 Å². The summed E-state index contributed by atoms with van der Waals surface area (Å²) >= 11 is 5.85. The zero-order valence-electron chi connectivity index (χ0n) is 12.7. The number of rotatable bonds is 3. The maximum absolute atomic E-state index is 12.0. The number of carbonyl (C=O) groups is 1. The van der Waals surface area contributed by atoms with Crippen LogP contribution >= 0.6 is 11.6 Å². The minimum absolute atomic E-state index is 0.242. The van der Waals surface area contributed by atoms with Gasteiger partial charge in [0.1, 0.15) is 5.75 Å². The molecule has 3 rings (SSSR count). The summed E-state index contributed by atoms with van der Waals surface area (Å²) in [7, 11) is 1.58. The number of ether oxygens (including phenoxy) is 2. The molecule has 0 aromatic heterocycles. The Bertz CT molecular complexity index is 823. The molecule has 0 saturated carbocycles. The van der Waals surface area contributed by atoms with Crippen LogP contribution in [0.2, 0.25) is 5.02 Å². The van der Waals surface area contributed by atoms with Crippen molar-refractivity contribution in [1.82, 2.24) is 0 Å². The van der Waals surface area contributed by atoms with Crippen molar-refractivity contribution in [2.75, 3.05) is 7.11 Å². The fourth-order valence-electron chi connectivity index (χ4n) is 2.33. The van der Waals surface area contributed by atoms with Crippen LogP contribution < -0.4 is 4.74 Å². The summed E-state index contributed by atoms with van der Waals surface area (Å²) in [5, 5.41) is 0.634. The van der Waals surface area contributed by atoms with Crippen molar-refractivity contribution in [3.63, 3.8) is 0 Å². The number of para-hydroxylation sites is 1. The van der Waals surface area contributed by atoms with Gasteiger partial charge >= 0.3 is 5.97 Å². The molecule has 2 aromatic carbocycles. The Hall–Kier alpha value is -2.59. The molecule has 0 radical (unpaired) electrons. The highest BCUT2D eigenvalue weighted by Crippen LogP contribution is 2.28. The average Bonchev–Trinajstić information content (AvgIpc) is 2.90. The largest absolute Gasteiger partial charge is 0.496 e. The third-order valence-electron chi connectivity index (χ3n) is 3.44. The average molecular weight is 328 g/mol. The maximum Gasteiger partial charge on any atom is 0.363 e. The van der Waals surface area contributed by atoms with Gasteiger partial charge < -0.3 is 9.47 Å². The van der Waals surface area contributed by atoms with Gasteiger partial charge in [0.2, 0.25) is 5.90 Å². The SMILES string of the molecule is COc1c(C)cccc1C1=NC(=Cc2ccc(Cl)cc2)C(=O)O1. The smallest absolute Gasteiger partial charge is 0.363 e. The van der Waals surface area contributed by atoms with Gasteiger partial charge in [0.25, 0.3) is 0 Å². The van der Waals surface area contributed by atoms with E-state index in [-0.39, 0.29) is 11.6 Å². The number of aliphatic imine (C=N–C) groups is 1.